The predicted octanol–water partition coefficient (Wildman–Crippen LogP) is 2.63. The van der Waals surface area contributed by atoms with Crippen molar-refractivity contribution in [3.63, 3.8) is 0 Å². The summed E-state index contributed by atoms with van der Waals surface area (Å²) in [5.74, 6) is -0.104. The maximum atomic E-state index is 12.1. The minimum Gasteiger partial charge on any atom is -0.447 e. The lowest BCUT2D eigenvalue weighted by Gasteiger charge is -2.20. The number of rotatable bonds is 3. The number of nitrogens with zero attached hydrogens (tertiary/aromatic N) is 1. The lowest BCUT2D eigenvalue weighted by molar-refractivity contribution is -0.128. The molecule has 2 amide bonds. The lowest BCUT2D eigenvalue weighted by Crippen LogP contribution is -2.38. The van der Waals surface area contributed by atoms with Gasteiger partial charge in [0.15, 0.2) is 0 Å². The van der Waals surface area contributed by atoms with Crippen LogP contribution in [0.25, 0.3) is 0 Å². The van der Waals surface area contributed by atoms with Gasteiger partial charge in [0.1, 0.15) is 6.61 Å². The van der Waals surface area contributed by atoms with E-state index in [1.165, 1.54) is 16.9 Å². The second-order valence-corrected chi connectivity index (χ2v) is 4.69. The van der Waals surface area contributed by atoms with Crippen LogP contribution in [0.5, 0.6) is 0 Å². The van der Waals surface area contributed by atoms with Crippen molar-refractivity contribution in [3.05, 3.63) is 11.6 Å². The van der Waals surface area contributed by atoms with Crippen molar-refractivity contribution >= 4 is 12.0 Å². The number of carbonyl (C=O) groups is 2. The largest absolute Gasteiger partial charge is 0.447 e. The number of hydrogen-bond acceptors (Lipinski definition) is 3. The number of ether oxygens (including phenoxy) is 1. The first kappa shape index (κ1) is 12.1. The number of cyclic esters (lactones) is 1. The van der Waals surface area contributed by atoms with Crippen LogP contribution in [0.15, 0.2) is 11.6 Å². The van der Waals surface area contributed by atoms with Crippen molar-refractivity contribution in [1.29, 1.82) is 0 Å². The molecule has 0 aromatic rings. The van der Waals surface area contributed by atoms with E-state index in [1.54, 1.807) is 0 Å². The molecular weight excluding hydrogens is 218 g/mol. The molecule has 0 aromatic heterocycles. The first-order chi connectivity index (χ1) is 8.22. The van der Waals surface area contributed by atoms with Gasteiger partial charge in [-0.25, -0.2) is 9.69 Å². The van der Waals surface area contributed by atoms with Crippen molar-refractivity contribution < 1.29 is 14.3 Å². The Kier molecular flexibility index (Phi) is 3.82. The average molecular weight is 237 g/mol. The predicted molar refractivity (Wildman–Crippen MR) is 63.4 cm³/mol. The van der Waals surface area contributed by atoms with E-state index in [0.29, 0.717) is 13.0 Å². The van der Waals surface area contributed by atoms with E-state index >= 15 is 0 Å². The van der Waals surface area contributed by atoms with Gasteiger partial charge in [0.2, 0.25) is 5.91 Å². The maximum Gasteiger partial charge on any atom is 0.416 e. The van der Waals surface area contributed by atoms with Gasteiger partial charge in [-0.2, -0.15) is 0 Å². The Hall–Kier alpha value is -1.32. The average Bonchev–Trinajstić information content (AvgIpc) is 2.71. The van der Waals surface area contributed by atoms with Crippen molar-refractivity contribution in [3.8, 4) is 0 Å². The molecule has 1 fully saturated rings. The summed E-state index contributed by atoms with van der Waals surface area (Å²) in [7, 11) is 0. The van der Waals surface area contributed by atoms with Crippen LogP contribution in [-0.2, 0) is 9.53 Å². The van der Waals surface area contributed by atoms with Crippen LogP contribution in [0.2, 0.25) is 0 Å². The Bertz CT molecular complexity index is 349. The summed E-state index contributed by atoms with van der Waals surface area (Å²) in [6.45, 7) is 2.31. The van der Waals surface area contributed by atoms with Crippen LogP contribution in [0.1, 0.15) is 45.4 Å². The Morgan fingerprint density at radius 3 is 3.00 bits per heavy atom. The van der Waals surface area contributed by atoms with Crippen LogP contribution >= 0.6 is 0 Å². The Balaban J connectivity index is 1.98. The zero-order valence-corrected chi connectivity index (χ0v) is 10.3. The van der Waals surface area contributed by atoms with Crippen LogP contribution in [0.4, 0.5) is 4.79 Å². The first-order valence-corrected chi connectivity index (χ1v) is 6.39. The highest BCUT2D eigenvalue weighted by atomic mass is 16.6. The minimum absolute atomic E-state index is 0.0702. The smallest absolute Gasteiger partial charge is 0.416 e. The molecule has 17 heavy (non-hydrogen) atoms. The van der Waals surface area contributed by atoms with Crippen LogP contribution in [-0.4, -0.2) is 29.5 Å². The Morgan fingerprint density at radius 2 is 2.35 bits per heavy atom. The summed E-state index contributed by atoms with van der Waals surface area (Å²) < 4.78 is 4.93. The summed E-state index contributed by atoms with van der Waals surface area (Å²) in [6.07, 6.45) is 7.22. The highest BCUT2D eigenvalue weighted by molar-refractivity contribution is 5.94. The van der Waals surface area contributed by atoms with Gasteiger partial charge < -0.3 is 4.74 Å². The van der Waals surface area contributed by atoms with Crippen LogP contribution in [0.3, 0.4) is 0 Å². The van der Waals surface area contributed by atoms with Gasteiger partial charge in [-0.05, 0) is 32.1 Å². The standard InChI is InChI=1S/C13H19NO3/c1-2-11-9-17-13(16)14(11)12(15)8-10-6-4-3-5-7-10/h6,11H,2-5,7-9H2,1H3/t11-/m1/s1. The van der Waals surface area contributed by atoms with Gasteiger partial charge in [0.05, 0.1) is 6.04 Å². The van der Waals surface area contributed by atoms with Gasteiger partial charge >= 0.3 is 6.09 Å². The molecule has 4 nitrogen and oxygen atoms in total. The van der Waals surface area contributed by atoms with Crippen molar-refractivity contribution in [2.24, 2.45) is 0 Å². The molecular formula is C13H19NO3. The van der Waals surface area contributed by atoms with E-state index in [-0.39, 0.29) is 11.9 Å². The summed E-state index contributed by atoms with van der Waals surface area (Å²) >= 11 is 0. The number of carbonyl (C=O) groups excluding carboxylic acids is 2. The fraction of sp³-hybridized carbons (Fsp3) is 0.692. The molecule has 2 rings (SSSR count). The fourth-order valence-electron chi connectivity index (χ4n) is 2.41. The monoisotopic (exact) mass is 237 g/mol. The molecule has 0 saturated carbocycles. The molecule has 1 heterocycles. The van der Waals surface area contributed by atoms with Gasteiger partial charge in [-0.15, -0.1) is 0 Å². The molecule has 0 bridgehead atoms. The molecule has 4 heteroatoms. The number of amides is 2. The topological polar surface area (TPSA) is 46.6 Å². The third-order valence-corrected chi connectivity index (χ3v) is 3.46. The molecule has 1 saturated heterocycles. The van der Waals surface area contributed by atoms with Gasteiger partial charge in [-0.1, -0.05) is 18.6 Å². The van der Waals surface area contributed by atoms with Gasteiger partial charge in [0.25, 0.3) is 0 Å². The summed E-state index contributed by atoms with van der Waals surface area (Å²) in [4.78, 5) is 24.9. The molecule has 0 unspecified atom stereocenters. The quantitative estimate of drug-likeness (QED) is 0.709. The third-order valence-electron chi connectivity index (χ3n) is 3.46. The second-order valence-electron chi connectivity index (χ2n) is 4.69. The highest BCUT2D eigenvalue weighted by Crippen LogP contribution is 2.23. The molecule has 0 aromatic carbocycles. The number of imide groups is 1. The molecule has 1 aliphatic heterocycles. The Labute approximate surface area is 102 Å². The van der Waals surface area contributed by atoms with Crippen LogP contribution < -0.4 is 0 Å². The fourth-order valence-corrected chi connectivity index (χ4v) is 2.41. The lowest BCUT2D eigenvalue weighted by atomic mass is 9.96. The van der Waals surface area contributed by atoms with Crippen molar-refractivity contribution in [2.45, 2.75) is 51.5 Å². The van der Waals surface area contributed by atoms with Gasteiger partial charge in [-0.3, -0.25) is 4.79 Å². The van der Waals surface area contributed by atoms with E-state index in [0.717, 1.165) is 25.7 Å². The van der Waals surface area contributed by atoms with E-state index in [2.05, 4.69) is 6.08 Å². The SMILES string of the molecule is CC[C@@H]1COC(=O)N1C(=O)CC1=CCCCC1. The van der Waals surface area contributed by atoms with Crippen molar-refractivity contribution in [2.75, 3.05) is 6.61 Å². The summed E-state index contributed by atoms with van der Waals surface area (Å²) in [5, 5.41) is 0. The first-order valence-electron chi connectivity index (χ1n) is 6.39. The zero-order valence-electron chi connectivity index (χ0n) is 10.3. The molecule has 0 spiro atoms. The molecule has 2 aliphatic rings. The van der Waals surface area contributed by atoms with E-state index in [4.69, 9.17) is 4.74 Å². The molecule has 0 radical (unpaired) electrons. The molecule has 94 valence electrons. The number of allylic oxidation sites excluding steroid dienone is 1. The van der Waals surface area contributed by atoms with Crippen molar-refractivity contribution in [1.82, 2.24) is 4.90 Å². The second kappa shape index (κ2) is 5.34. The summed E-state index contributed by atoms with van der Waals surface area (Å²) in [6, 6.07) is -0.0702. The van der Waals surface area contributed by atoms with Crippen LogP contribution in [0, 0.1) is 0 Å². The molecule has 1 atom stereocenters. The highest BCUT2D eigenvalue weighted by Gasteiger charge is 2.36. The minimum atomic E-state index is -0.474. The third kappa shape index (κ3) is 2.68. The molecule has 1 aliphatic carbocycles. The van der Waals surface area contributed by atoms with E-state index in [9.17, 15) is 9.59 Å². The number of hydrogen-bond donors (Lipinski definition) is 0. The Morgan fingerprint density at radius 1 is 1.53 bits per heavy atom. The molecule has 0 N–H and O–H groups in total. The summed E-state index contributed by atoms with van der Waals surface area (Å²) in [5.41, 5.74) is 1.18. The normalized spacial score (nSPS) is 24.5. The zero-order chi connectivity index (χ0) is 12.3. The van der Waals surface area contributed by atoms with Gasteiger partial charge in [0, 0.05) is 6.42 Å². The van der Waals surface area contributed by atoms with E-state index in [1.807, 2.05) is 6.92 Å². The maximum absolute atomic E-state index is 12.1. The van der Waals surface area contributed by atoms with E-state index < -0.39 is 6.09 Å².